The first kappa shape index (κ1) is 14.6. The van der Waals surface area contributed by atoms with E-state index in [0.717, 1.165) is 23.1 Å². The van der Waals surface area contributed by atoms with E-state index in [4.69, 9.17) is 17.3 Å². The van der Waals surface area contributed by atoms with Crippen molar-refractivity contribution in [3.8, 4) is 0 Å². The Bertz CT molecular complexity index is 667. The number of halogens is 2. The van der Waals surface area contributed by atoms with Crippen LogP contribution in [0.1, 0.15) is 5.56 Å². The third-order valence-electron chi connectivity index (χ3n) is 2.59. The first-order valence-electron chi connectivity index (χ1n) is 5.58. The number of nitrogen functional groups attached to an aromatic ring is 1. The molecule has 0 unspecified atom stereocenters. The van der Waals surface area contributed by atoms with Gasteiger partial charge in [0.25, 0.3) is 5.69 Å². The summed E-state index contributed by atoms with van der Waals surface area (Å²) >= 11 is 7.09. The van der Waals surface area contributed by atoms with Gasteiger partial charge < -0.3 is 5.73 Å². The summed E-state index contributed by atoms with van der Waals surface area (Å²) in [5.41, 5.74) is 6.50. The number of nitro groups is 1. The van der Waals surface area contributed by atoms with Crippen molar-refractivity contribution in [2.75, 3.05) is 5.73 Å². The number of nitrogens with zero attached hydrogens (tertiary/aromatic N) is 1. The molecule has 0 fully saturated rings. The van der Waals surface area contributed by atoms with Gasteiger partial charge in [-0.3, -0.25) is 10.1 Å². The summed E-state index contributed by atoms with van der Waals surface area (Å²) < 4.78 is 13.2. The number of nitro benzene ring substituents is 1. The molecule has 4 nitrogen and oxygen atoms in total. The van der Waals surface area contributed by atoms with Crippen molar-refractivity contribution in [1.29, 1.82) is 0 Å². The van der Waals surface area contributed by atoms with Crippen molar-refractivity contribution in [3.05, 3.63) is 62.9 Å². The molecule has 0 spiro atoms. The standard InChI is InChI=1S/C13H10ClFN2O2S/c14-9-1-4-13(11(16)6-9)20-7-8-5-10(15)2-3-12(8)17(18)19/h1-6H,7,16H2. The molecule has 0 aromatic heterocycles. The second-order valence-corrected chi connectivity index (χ2v) is 5.45. The van der Waals surface area contributed by atoms with Crippen molar-refractivity contribution in [2.45, 2.75) is 10.6 Å². The maximum atomic E-state index is 13.2. The number of nitrogens with two attached hydrogens (primary N) is 1. The van der Waals surface area contributed by atoms with Crippen LogP contribution in [0.5, 0.6) is 0 Å². The number of benzene rings is 2. The average molecular weight is 313 g/mol. The molecule has 2 aromatic rings. The highest BCUT2D eigenvalue weighted by Gasteiger charge is 2.15. The Hall–Kier alpha value is -1.79. The monoisotopic (exact) mass is 312 g/mol. The Morgan fingerprint density at radius 1 is 1.30 bits per heavy atom. The Balaban J connectivity index is 2.22. The molecule has 0 atom stereocenters. The van der Waals surface area contributed by atoms with Gasteiger partial charge in [0.05, 0.1) is 4.92 Å². The molecule has 104 valence electrons. The molecule has 0 amide bonds. The van der Waals surface area contributed by atoms with Crippen LogP contribution in [0, 0.1) is 15.9 Å². The average Bonchev–Trinajstić information content (AvgIpc) is 2.37. The zero-order chi connectivity index (χ0) is 14.7. The highest BCUT2D eigenvalue weighted by molar-refractivity contribution is 7.98. The van der Waals surface area contributed by atoms with Crippen molar-refractivity contribution in [2.24, 2.45) is 0 Å². The lowest BCUT2D eigenvalue weighted by atomic mass is 10.2. The number of hydrogen-bond donors (Lipinski definition) is 1. The van der Waals surface area contributed by atoms with Gasteiger partial charge in [-0.25, -0.2) is 4.39 Å². The Morgan fingerprint density at radius 3 is 2.70 bits per heavy atom. The molecule has 0 aliphatic rings. The first-order valence-corrected chi connectivity index (χ1v) is 6.94. The predicted molar refractivity (Wildman–Crippen MR) is 78.5 cm³/mol. The molecule has 2 N–H and O–H groups in total. The van der Waals surface area contributed by atoms with Crippen LogP contribution in [0.4, 0.5) is 15.8 Å². The lowest BCUT2D eigenvalue weighted by Gasteiger charge is -2.06. The normalized spacial score (nSPS) is 10.5. The van der Waals surface area contributed by atoms with E-state index in [0.29, 0.717) is 16.3 Å². The summed E-state index contributed by atoms with van der Waals surface area (Å²) in [5, 5.41) is 11.4. The van der Waals surface area contributed by atoms with Crippen LogP contribution in [0.2, 0.25) is 5.02 Å². The van der Waals surface area contributed by atoms with Crippen molar-refractivity contribution in [3.63, 3.8) is 0 Å². The largest absolute Gasteiger partial charge is 0.398 e. The van der Waals surface area contributed by atoms with Crippen molar-refractivity contribution >= 4 is 34.7 Å². The summed E-state index contributed by atoms with van der Waals surface area (Å²) in [6.45, 7) is 0. The highest BCUT2D eigenvalue weighted by atomic mass is 35.5. The Morgan fingerprint density at radius 2 is 2.05 bits per heavy atom. The SMILES string of the molecule is Nc1cc(Cl)ccc1SCc1cc(F)ccc1[N+](=O)[O-]. The molecule has 0 saturated carbocycles. The Labute approximate surface area is 123 Å². The van der Waals surface area contributed by atoms with Crippen LogP contribution in [-0.4, -0.2) is 4.92 Å². The quantitative estimate of drug-likeness (QED) is 0.396. The fourth-order valence-electron chi connectivity index (χ4n) is 1.65. The zero-order valence-corrected chi connectivity index (χ0v) is 11.7. The second kappa shape index (κ2) is 6.11. The summed E-state index contributed by atoms with van der Waals surface area (Å²) in [6, 6.07) is 8.41. The summed E-state index contributed by atoms with van der Waals surface area (Å²) in [5.74, 6) is -0.254. The fourth-order valence-corrected chi connectivity index (χ4v) is 2.77. The fraction of sp³-hybridized carbons (Fsp3) is 0.0769. The highest BCUT2D eigenvalue weighted by Crippen LogP contribution is 2.32. The Kier molecular flexibility index (Phi) is 4.46. The summed E-state index contributed by atoms with van der Waals surface area (Å²) in [4.78, 5) is 11.1. The molecule has 20 heavy (non-hydrogen) atoms. The summed E-state index contributed by atoms with van der Waals surface area (Å²) in [6.07, 6.45) is 0. The molecule has 2 aromatic carbocycles. The van der Waals surface area contributed by atoms with E-state index in [-0.39, 0.29) is 11.4 Å². The van der Waals surface area contributed by atoms with Crippen molar-refractivity contribution < 1.29 is 9.31 Å². The van der Waals surface area contributed by atoms with Crippen LogP contribution in [0.15, 0.2) is 41.3 Å². The van der Waals surface area contributed by atoms with Crippen LogP contribution in [0.25, 0.3) is 0 Å². The van der Waals surface area contributed by atoms with Gasteiger partial charge in [-0.15, -0.1) is 11.8 Å². The third kappa shape index (κ3) is 3.40. The third-order valence-corrected chi connectivity index (χ3v) is 3.97. The minimum atomic E-state index is -0.527. The summed E-state index contributed by atoms with van der Waals surface area (Å²) in [7, 11) is 0. The van der Waals surface area contributed by atoms with Gasteiger partial charge in [0.15, 0.2) is 0 Å². The van der Waals surface area contributed by atoms with Crippen LogP contribution in [0.3, 0.4) is 0 Å². The maximum absolute atomic E-state index is 13.2. The molecule has 0 aliphatic heterocycles. The van der Waals surface area contributed by atoms with Crippen LogP contribution in [-0.2, 0) is 5.75 Å². The van der Waals surface area contributed by atoms with Gasteiger partial charge in [-0.05, 0) is 30.3 Å². The minimum absolute atomic E-state index is 0.105. The molecule has 7 heteroatoms. The molecular weight excluding hydrogens is 303 g/mol. The van der Waals surface area contributed by atoms with E-state index in [9.17, 15) is 14.5 Å². The number of anilines is 1. The predicted octanol–water partition coefficient (Wildman–Crippen LogP) is 4.26. The van der Waals surface area contributed by atoms with E-state index in [1.54, 1.807) is 18.2 Å². The lowest BCUT2D eigenvalue weighted by molar-refractivity contribution is -0.385. The molecular formula is C13H10ClFN2O2S. The zero-order valence-electron chi connectivity index (χ0n) is 10.2. The first-order chi connectivity index (χ1) is 9.47. The van der Waals surface area contributed by atoms with E-state index in [1.807, 2.05) is 0 Å². The van der Waals surface area contributed by atoms with Gasteiger partial charge in [0.1, 0.15) is 5.82 Å². The van der Waals surface area contributed by atoms with Crippen LogP contribution >= 0.6 is 23.4 Å². The second-order valence-electron chi connectivity index (χ2n) is 4.00. The molecule has 0 bridgehead atoms. The number of rotatable bonds is 4. The van der Waals surface area contributed by atoms with Crippen molar-refractivity contribution in [1.82, 2.24) is 0 Å². The molecule has 0 aliphatic carbocycles. The lowest BCUT2D eigenvalue weighted by Crippen LogP contribution is -1.96. The van der Waals surface area contributed by atoms with E-state index in [2.05, 4.69) is 0 Å². The van der Waals surface area contributed by atoms with Gasteiger partial charge in [0.2, 0.25) is 0 Å². The molecule has 0 saturated heterocycles. The molecule has 2 rings (SSSR count). The minimum Gasteiger partial charge on any atom is -0.398 e. The maximum Gasteiger partial charge on any atom is 0.273 e. The van der Waals surface area contributed by atoms with E-state index in [1.165, 1.54) is 11.8 Å². The number of hydrogen-bond acceptors (Lipinski definition) is 4. The van der Waals surface area contributed by atoms with E-state index < -0.39 is 10.7 Å². The van der Waals surface area contributed by atoms with Gasteiger partial charge >= 0.3 is 0 Å². The van der Waals surface area contributed by atoms with Gasteiger partial charge in [-0.1, -0.05) is 11.6 Å². The van der Waals surface area contributed by atoms with Gasteiger partial charge in [0, 0.05) is 33.0 Å². The van der Waals surface area contributed by atoms with Gasteiger partial charge in [-0.2, -0.15) is 0 Å². The topological polar surface area (TPSA) is 69.2 Å². The smallest absolute Gasteiger partial charge is 0.273 e. The number of thioether (sulfide) groups is 1. The molecule has 0 radical (unpaired) electrons. The van der Waals surface area contributed by atoms with Crippen LogP contribution < -0.4 is 5.73 Å². The molecule has 0 heterocycles. The van der Waals surface area contributed by atoms with E-state index >= 15 is 0 Å².